The van der Waals surface area contributed by atoms with Gasteiger partial charge in [0.15, 0.2) is 11.5 Å². The van der Waals surface area contributed by atoms with E-state index < -0.39 is 0 Å². The van der Waals surface area contributed by atoms with E-state index in [1.807, 2.05) is 25.1 Å². The van der Waals surface area contributed by atoms with Gasteiger partial charge in [0.25, 0.3) is 0 Å². The minimum atomic E-state index is 0.533. The molecule has 4 heteroatoms. The normalized spacial score (nSPS) is 14.4. The monoisotopic (exact) mass is 283 g/mol. The molecule has 0 aromatic heterocycles. The Kier molecular flexibility index (Phi) is 3.51. The van der Waals surface area contributed by atoms with E-state index in [1.165, 1.54) is 0 Å². The third-order valence-corrected chi connectivity index (χ3v) is 3.45. The number of rotatable bonds is 2. The van der Waals surface area contributed by atoms with Crippen LogP contribution >= 0.6 is 15.9 Å². The quantitative estimate of drug-likeness (QED) is 0.907. The number of nitrogens with two attached hydrogens (primary N) is 1. The summed E-state index contributed by atoms with van der Waals surface area (Å²) in [5, 5.41) is 0. The van der Waals surface area contributed by atoms with Crippen molar-refractivity contribution in [1.82, 2.24) is 0 Å². The largest absolute Gasteiger partial charge is 0.486 e. The molecule has 3 nitrogen and oxygen atoms in total. The summed E-state index contributed by atoms with van der Waals surface area (Å²) in [7, 11) is 0. The average molecular weight is 284 g/mol. The number of fused-ring (bicyclic) bond motifs is 1. The van der Waals surface area contributed by atoms with Crippen LogP contribution in [0.2, 0.25) is 0 Å². The average Bonchev–Trinajstić information content (AvgIpc) is 2.32. The van der Waals surface area contributed by atoms with E-state index in [1.54, 1.807) is 0 Å². The van der Waals surface area contributed by atoms with Crippen molar-refractivity contribution in [2.75, 3.05) is 19.8 Å². The minimum absolute atomic E-state index is 0.533. The van der Waals surface area contributed by atoms with Gasteiger partial charge in [-0.1, -0.05) is 12.2 Å². The maximum Gasteiger partial charge on any atom is 0.175 e. The first-order valence-electron chi connectivity index (χ1n) is 5.19. The maximum absolute atomic E-state index is 5.57. The summed E-state index contributed by atoms with van der Waals surface area (Å²) in [6.07, 6.45) is 3.92. The van der Waals surface area contributed by atoms with Gasteiger partial charge in [-0.15, -0.1) is 0 Å². The second-order valence-corrected chi connectivity index (χ2v) is 4.36. The molecule has 1 aromatic rings. The molecule has 2 rings (SSSR count). The Morgan fingerprint density at radius 2 is 2.19 bits per heavy atom. The summed E-state index contributed by atoms with van der Waals surface area (Å²) >= 11 is 3.54. The molecule has 0 aliphatic carbocycles. The number of hydrogen-bond acceptors (Lipinski definition) is 3. The van der Waals surface area contributed by atoms with E-state index in [9.17, 15) is 0 Å². The molecule has 1 aliphatic heterocycles. The van der Waals surface area contributed by atoms with Gasteiger partial charge in [-0.05, 0) is 40.0 Å². The van der Waals surface area contributed by atoms with E-state index in [0.717, 1.165) is 27.1 Å². The molecule has 0 unspecified atom stereocenters. The van der Waals surface area contributed by atoms with E-state index in [-0.39, 0.29) is 0 Å². The van der Waals surface area contributed by atoms with Crippen LogP contribution in [0.3, 0.4) is 0 Å². The van der Waals surface area contributed by atoms with Crippen molar-refractivity contribution in [3.8, 4) is 11.5 Å². The molecule has 0 bridgehead atoms. The molecular weight excluding hydrogens is 270 g/mol. The van der Waals surface area contributed by atoms with Gasteiger partial charge in [-0.25, -0.2) is 0 Å². The molecule has 0 saturated heterocycles. The summed E-state index contributed by atoms with van der Waals surface area (Å²) < 4.78 is 12.1. The van der Waals surface area contributed by atoms with Crippen LogP contribution in [0.25, 0.3) is 6.08 Å². The molecule has 2 N–H and O–H groups in total. The van der Waals surface area contributed by atoms with Crippen LogP contribution < -0.4 is 15.2 Å². The Morgan fingerprint density at radius 3 is 2.94 bits per heavy atom. The zero-order chi connectivity index (χ0) is 11.5. The third-order valence-electron chi connectivity index (χ3n) is 2.49. The lowest BCUT2D eigenvalue weighted by Gasteiger charge is -2.21. The minimum Gasteiger partial charge on any atom is -0.486 e. The van der Waals surface area contributed by atoms with Gasteiger partial charge in [0, 0.05) is 6.54 Å². The fourth-order valence-electron chi connectivity index (χ4n) is 1.63. The first-order valence-corrected chi connectivity index (χ1v) is 5.98. The molecular formula is C12H14BrNO2. The third kappa shape index (κ3) is 2.08. The Bertz CT molecular complexity index is 430. The second-order valence-electron chi connectivity index (χ2n) is 3.57. The highest BCUT2D eigenvalue weighted by molar-refractivity contribution is 9.10. The van der Waals surface area contributed by atoms with Crippen molar-refractivity contribution in [3.05, 3.63) is 27.7 Å². The van der Waals surface area contributed by atoms with Crippen molar-refractivity contribution in [1.29, 1.82) is 0 Å². The van der Waals surface area contributed by atoms with Crippen molar-refractivity contribution in [2.45, 2.75) is 6.92 Å². The SMILES string of the molecule is Cc1c(/C=C/CN)cc2c(c1Br)OCCO2. The van der Waals surface area contributed by atoms with E-state index in [0.29, 0.717) is 19.8 Å². The standard InChI is InChI=1S/C12H14BrNO2/c1-8-9(3-2-4-14)7-10-12(11(8)13)16-6-5-15-10/h2-3,7H,4-6,14H2,1H3/b3-2+. The number of halogens is 1. The van der Waals surface area contributed by atoms with Crippen LogP contribution in [0.5, 0.6) is 11.5 Å². The van der Waals surface area contributed by atoms with Crippen LogP contribution in [0.15, 0.2) is 16.6 Å². The molecule has 1 aliphatic rings. The molecule has 86 valence electrons. The zero-order valence-corrected chi connectivity index (χ0v) is 10.7. The summed E-state index contributed by atoms with van der Waals surface area (Å²) in [5.74, 6) is 1.59. The lowest BCUT2D eigenvalue weighted by Crippen LogP contribution is -2.16. The zero-order valence-electron chi connectivity index (χ0n) is 9.13. The summed E-state index contributed by atoms with van der Waals surface area (Å²) in [4.78, 5) is 0. The van der Waals surface area contributed by atoms with E-state index in [4.69, 9.17) is 15.2 Å². The highest BCUT2D eigenvalue weighted by Crippen LogP contribution is 2.41. The lowest BCUT2D eigenvalue weighted by molar-refractivity contribution is 0.170. The highest BCUT2D eigenvalue weighted by atomic mass is 79.9. The summed E-state index contributed by atoms with van der Waals surface area (Å²) in [5.41, 5.74) is 7.68. The van der Waals surface area contributed by atoms with Crippen LogP contribution in [-0.2, 0) is 0 Å². The predicted octanol–water partition coefficient (Wildman–Crippen LogP) is 2.50. The number of hydrogen-bond donors (Lipinski definition) is 1. The van der Waals surface area contributed by atoms with Crippen LogP contribution in [0.4, 0.5) is 0 Å². The Hall–Kier alpha value is -1.00. The Balaban J connectivity index is 2.48. The van der Waals surface area contributed by atoms with E-state index >= 15 is 0 Å². The van der Waals surface area contributed by atoms with Crippen molar-refractivity contribution < 1.29 is 9.47 Å². The first kappa shape index (κ1) is 11.5. The second kappa shape index (κ2) is 4.89. The fourth-order valence-corrected chi connectivity index (χ4v) is 2.16. The molecule has 16 heavy (non-hydrogen) atoms. The van der Waals surface area contributed by atoms with E-state index in [2.05, 4.69) is 15.9 Å². The fraction of sp³-hybridized carbons (Fsp3) is 0.333. The van der Waals surface area contributed by atoms with Crippen LogP contribution in [0, 0.1) is 6.92 Å². The van der Waals surface area contributed by atoms with Crippen molar-refractivity contribution in [3.63, 3.8) is 0 Å². The van der Waals surface area contributed by atoms with Gasteiger partial charge >= 0.3 is 0 Å². The molecule has 0 spiro atoms. The van der Waals surface area contributed by atoms with Crippen LogP contribution in [-0.4, -0.2) is 19.8 Å². The van der Waals surface area contributed by atoms with Gasteiger partial charge in [0.05, 0.1) is 4.47 Å². The topological polar surface area (TPSA) is 44.5 Å². The molecule has 0 amide bonds. The molecule has 0 atom stereocenters. The summed E-state index contributed by atoms with van der Waals surface area (Å²) in [6, 6.07) is 1.99. The highest BCUT2D eigenvalue weighted by Gasteiger charge is 2.18. The molecule has 0 fully saturated rings. The Labute approximate surface area is 103 Å². The van der Waals surface area contributed by atoms with Gasteiger partial charge in [0.2, 0.25) is 0 Å². The lowest BCUT2D eigenvalue weighted by atomic mass is 10.1. The first-order chi connectivity index (χ1) is 7.74. The number of ether oxygens (including phenoxy) is 2. The van der Waals surface area contributed by atoms with Gasteiger partial charge in [0.1, 0.15) is 13.2 Å². The van der Waals surface area contributed by atoms with Gasteiger partial charge in [-0.3, -0.25) is 0 Å². The molecule has 1 aromatic carbocycles. The van der Waals surface area contributed by atoms with Crippen molar-refractivity contribution in [2.24, 2.45) is 5.73 Å². The maximum atomic E-state index is 5.57. The molecule has 0 radical (unpaired) electrons. The smallest absolute Gasteiger partial charge is 0.175 e. The van der Waals surface area contributed by atoms with Gasteiger partial charge < -0.3 is 15.2 Å². The Morgan fingerprint density at radius 1 is 1.44 bits per heavy atom. The number of benzene rings is 1. The van der Waals surface area contributed by atoms with Gasteiger partial charge in [-0.2, -0.15) is 0 Å². The van der Waals surface area contributed by atoms with Crippen molar-refractivity contribution >= 4 is 22.0 Å². The predicted molar refractivity (Wildman–Crippen MR) is 68.0 cm³/mol. The summed E-state index contributed by atoms with van der Waals surface area (Å²) in [6.45, 7) is 3.77. The van der Waals surface area contributed by atoms with Crippen LogP contribution in [0.1, 0.15) is 11.1 Å². The molecule has 0 saturated carbocycles. The molecule has 1 heterocycles.